The van der Waals surface area contributed by atoms with Crippen molar-refractivity contribution in [3.63, 3.8) is 0 Å². The molecule has 10 heteroatoms. The van der Waals surface area contributed by atoms with E-state index < -0.39 is 16.4 Å². The molecule has 0 fully saturated rings. The first kappa shape index (κ1) is 20.9. The van der Waals surface area contributed by atoms with E-state index in [-0.39, 0.29) is 35.3 Å². The predicted molar refractivity (Wildman–Crippen MR) is 110 cm³/mol. The van der Waals surface area contributed by atoms with Crippen molar-refractivity contribution in [3.05, 3.63) is 56.6 Å². The number of nitro benzene ring substituents is 1. The van der Waals surface area contributed by atoms with Gasteiger partial charge in [-0.2, -0.15) is 0 Å². The number of amides is 2. The fourth-order valence-corrected chi connectivity index (χ4v) is 3.28. The van der Waals surface area contributed by atoms with Crippen molar-refractivity contribution in [1.82, 2.24) is 0 Å². The van der Waals surface area contributed by atoms with Gasteiger partial charge in [0.15, 0.2) is 5.60 Å². The van der Waals surface area contributed by atoms with Gasteiger partial charge in [-0.15, -0.1) is 0 Å². The lowest BCUT2D eigenvalue weighted by molar-refractivity contribution is -0.384. The highest BCUT2D eigenvalue weighted by atomic mass is 35.5. The highest BCUT2D eigenvalue weighted by Crippen LogP contribution is 2.39. The number of nitro groups is 1. The van der Waals surface area contributed by atoms with E-state index in [1.807, 2.05) is 0 Å². The molecule has 0 saturated heterocycles. The molecule has 2 amide bonds. The average Bonchev–Trinajstić information content (AvgIpc) is 2.64. The molecule has 2 aromatic carbocycles. The molecule has 8 nitrogen and oxygen atoms in total. The van der Waals surface area contributed by atoms with Crippen molar-refractivity contribution in [1.29, 1.82) is 0 Å². The van der Waals surface area contributed by atoms with Crippen molar-refractivity contribution in [2.45, 2.75) is 25.9 Å². The number of carbonyl (C=O) groups excluding carboxylic acids is 2. The second-order valence-corrected chi connectivity index (χ2v) is 7.75. The normalized spacial score (nSPS) is 14.8. The lowest BCUT2D eigenvalue weighted by atomic mass is 10.0. The van der Waals surface area contributed by atoms with Crippen molar-refractivity contribution < 1.29 is 19.2 Å². The third kappa shape index (κ3) is 4.44. The van der Waals surface area contributed by atoms with E-state index in [0.29, 0.717) is 16.5 Å². The Balaban J connectivity index is 1.74. The van der Waals surface area contributed by atoms with Gasteiger partial charge in [-0.25, -0.2) is 0 Å². The summed E-state index contributed by atoms with van der Waals surface area (Å²) in [5, 5.41) is 14.0. The number of anilines is 2. The number of benzene rings is 2. The van der Waals surface area contributed by atoms with Crippen LogP contribution in [0.5, 0.6) is 5.75 Å². The van der Waals surface area contributed by atoms with E-state index in [9.17, 15) is 19.7 Å². The summed E-state index contributed by atoms with van der Waals surface area (Å²) in [7, 11) is 0. The molecule has 1 heterocycles. The zero-order chi connectivity index (χ0) is 21.3. The van der Waals surface area contributed by atoms with Crippen LogP contribution in [0.15, 0.2) is 36.4 Å². The molecule has 0 spiro atoms. The van der Waals surface area contributed by atoms with Gasteiger partial charge in [0.05, 0.1) is 10.6 Å². The lowest BCUT2D eigenvalue weighted by Crippen LogP contribution is -2.53. The molecule has 0 saturated carbocycles. The van der Waals surface area contributed by atoms with Crippen LogP contribution < -0.4 is 15.0 Å². The van der Waals surface area contributed by atoms with Gasteiger partial charge in [-0.1, -0.05) is 23.2 Å². The van der Waals surface area contributed by atoms with Crippen LogP contribution in [0.25, 0.3) is 0 Å². The molecule has 1 aliphatic rings. The Bertz CT molecular complexity index is 1010. The van der Waals surface area contributed by atoms with Crippen LogP contribution in [-0.4, -0.2) is 28.9 Å². The number of ether oxygens (including phenoxy) is 1. The van der Waals surface area contributed by atoms with E-state index >= 15 is 0 Å². The van der Waals surface area contributed by atoms with Crippen LogP contribution in [0, 0.1) is 10.1 Å². The lowest BCUT2D eigenvalue weighted by Gasteiger charge is -2.38. The minimum Gasteiger partial charge on any atom is -0.476 e. The number of hydrogen-bond donors (Lipinski definition) is 1. The maximum absolute atomic E-state index is 12.8. The van der Waals surface area contributed by atoms with Crippen LogP contribution in [0.4, 0.5) is 17.1 Å². The van der Waals surface area contributed by atoms with Crippen LogP contribution in [0.2, 0.25) is 10.0 Å². The SMILES string of the molecule is CC1(C)Oc2ccc(Cl)cc2N(CCC(=O)Nc2ccc(Cl)c([N+](=O)[O-])c2)C1=O. The minimum absolute atomic E-state index is 0.0253. The summed E-state index contributed by atoms with van der Waals surface area (Å²) < 4.78 is 5.74. The Hall–Kier alpha value is -2.84. The zero-order valence-corrected chi connectivity index (χ0v) is 17.1. The van der Waals surface area contributed by atoms with Crippen LogP contribution in [0.3, 0.4) is 0 Å². The molecule has 1 N–H and O–H groups in total. The van der Waals surface area contributed by atoms with Crippen molar-refractivity contribution in [2.24, 2.45) is 0 Å². The maximum atomic E-state index is 12.8. The Morgan fingerprint density at radius 3 is 2.66 bits per heavy atom. The van der Waals surface area contributed by atoms with Crippen molar-refractivity contribution in [3.8, 4) is 5.75 Å². The van der Waals surface area contributed by atoms with Crippen LogP contribution in [0.1, 0.15) is 20.3 Å². The van der Waals surface area contributed by atoms with Gasteiger partial charge < -0.3 is 15.0 Å². The monoisotopic (exact) mass is 437 g/mol. The quantitative estimate of drug-likeness (QED) is 0.550. The number of nitrogens with one attached hydrogen (secondary N) is 1. The molecule has 3 rings (SSSR count). The first-order valence-electron chi connectivity index (χ1n) is 8.63. The smallest absolute Gasteiger partial charge is 0.289 e. The summed E-state index contributed by atoms with van der Waals surface area (Å²) in [5.74, 6) is -0.225. The maximum Gasteiger partial charge on any atom is 0.289 e. The highest BCUT2D eigenvalue weighted by Gasteiger charge is 2.40. The molecule has 1 aliphatic heterocycles. The fourth-order valence-electron chi connectivity index (χ4n) is 2.93. The first-order valence-corrected chi connectivity index (χ1v) is 9.38. The van der Waals surface area contributed by atoms with E-state index in [4.69, 9.17) is 27.9 Å². The molecule has 0 bridgehead atoms. The van der Waals surface area contributed by atoms with Gasteiger partial charge in [-0.3, -0.25) is 19.7 Å². The number of carbonyl (C=O) groups is 2. The number of nitrogens with zero attached hydrogens (tertiary/aromatic N) is 2. The number of fused-ring (bicyclic) bond motifs is 1. The van der Waals surface area contributed by atoms with E-state index in [1.54, 1.807) is 32.0 Å². The van der Waals surface area contributed by atoms with Crippen molar-refractivity contribution >= 4 is 52.1 Å². The Morgan fingerprint density at radius 2 is 1.97 bits per heavy atom. The third-order valence-corrected chi connectivity index (χ3v) is 4.88. The van der Waals surface area contributed by atoms with E-state index in [0.717, 1.165) is 0 Å². The zero-order valence-electron chi connectivity index (χ0n) is 15.6. The summed E-state index contributed by atoms with van der Waals surface area (Å²) >= 11 is 11.8. The molecule has 0 atom stereocenters. The third-order valence-electron chi connectivity index (χ3n) is 4.33. The Kier molecular flexibility index (Phi) is 5.68. The summed E-state index contributed by atoms with van der Waals surface area (Å²) in [6.45, 7) is 3.38. The summed E-state index contributed by atoms with van der Waals surface area (Å²) in [6, 6.07) is 8.91. The molecule has 152 valence electrons. The van der Waals surface area contributed by atoms with Crippen LogP contribution in [-0.2, 0) is 9.59 Å². The largest absolute Gasteiger partial charge is 0.476 e. The minimum atomic E-state index is -1.09. The van der Waals surface area contributed by atoms with Crippen LogP contribution >= 0.6 is 23.2 Å². The van der Waals surface area contributed by atoms with Gasteiger partial charge in [0, 0.05) is 29.7 Å². The van der Waals surface area contributed by atoms with Gasteiger partial charge in [0.1, 0.15) is 10.8 Å². The molecule has 0 aliphatic carbocycles. The number of hydrogen-bond acceptors (Lipinski definition) is 5. The molecular formula is C19H17Cl2N3O5. The first-order chi connectivity index (χ1) is 13.6. The molecule has 29 heavy (non-hydrogen) atoms. The molecule has 0 aromatic heterocycles. The number of halogens is 2. The van der Waals surface area contributed by atoms with E-state index in [1.165, 1.54) is 23.1 Å². The predicted octanol–water partition coefficient (Wildman–Crippen LogP) is 4.43. The summed E-state index contributed by atoms with van der Waals surface area (Å²) in [6.07, 6.45) is -0.0375. The topological polar surface area (TPSA) is 102 Å². The van der Waals surface area contributed by atoms with Gasteiger partial charge in [-0.05, 0) is 44.2 Å². The second kappa shape index (κ2) is 7.88. The van der Waals surface area contributed by atoms with E-state index in [2.05, 4.69) is 5.32 Å². The average molecular weight is 438 g/mol. The summed E-state index contributed by atoms with van der Waals surface area (Å²) in [5.41, 5.74) is -0.674. The molecule has 0 radical (unpaired) electrons. The molecule has 0 unspecified atom stereocenters. The molecule has 2 aromatic rings. The highest BCUT2D eigenvalue weighted by molar-refractivity contribution is 6.32. The van der Waals surface area contributed by atoms with Gasteiger partial charge in [0.25, 0.3) is 11.6 Å². The fraction of sp³-hybridized carbons (Fsp3) is 0.263. The Morgan fingerprint density at radius 1 is 1.24 bits per heavy atom. The summed E-state index contributed by atoms with van der Waals surface area (Å²) in [4.78, 5) is 36.9. The standard InChI is InChI=1S/C19H17Cl2N3O5/c1-19(2)18(26)23(15-9-11(20)3-6-16(15)29-19)8-7-17(25)22-12-4-5-13(21)14(10-12)24(27)28/h3-6,9-10H,7-8H2,1-2H3,(H,22,25). The Labute approximate surface area is 176 Å². The van der Waals surface area contributed by atoms with Crippen molar-refractivity contribution in [2.75, 3.05) is 16.8 Å². The van der Waals surface area contributed by atoms with Gasteiger partial charge >= 0.3 is 0 Å². The van der Waals surface area contributed by atoms with Gasteiger partial charge in [0.2, 0.25) is 5.91 Å². The second-order valence-electron chi connectivity index (χ2n) is 6.90. The molecular weight excluding hydrogens is 421 g/mol. The number of rotatable bonds is 5.